The van der Waals surface area contributed by atoms with Crippen molar-refractivity contribution in [2.75, 3.05) is 19.0 Å². The summed E-state index contributed by atoms with van der Waals surface area (Å²) >= 11 is 1.47. The molecular formula is C20H32N2O5S. The maximum atomic E-state index is 12.1. The molecule has 0 aromatic rings. The van der Waals surface area contributed by atoms with E-state index in [1.54, 1.807) is 6.92 Å². The number of allylic oxidation sites excluding steroid dienone is 1. The van der Waals surface area contributed by atoms with Gasteiger partial charge in [-0.1, -0.05) is 19.9 Å². The standard InChI is InChI=1S/C20H32N2O5S/c1-4-6-11-21-16(19(24)25)12-18(23)22-13-28-17-10-8-7-9-15(17)14(3)20(26)27-5-2/h16,21H,3-13H2,1-2H3,(H,22,23)(H,24,25)/t16-/m0/s1. The van der Waals surface area contributed by atoms with Crippen LogP contribution < -0.4 is 10.6 Å². The van der Waals surface area contributed by atoms with Crippen molar-refractivity contribution in [1.82, 2.24) is 10.6 Å². The van der Waals surface area contributed by atoms with Crippen molar-refractivity contribution in [3.8, 4) is 0 Å². The smallest absolute Gasteiger partial charge is 0.337 e. The molecule has 1 amide bonds. The third-order valence-electron chi connectivity index (χ3n) is 4.43. The van der Waals surface area contributed by atoms with Crippen molar-refractivity contribution in [1.29, 1.82) is 0 Å². The first kappa shape index (κ1) is 24.2. The van der Waals surface area contributed by atoms with Crippen LogP contribution in [0.15, 0.2) is 22.6 Å². The molecule has 0 spiro atoms. The van der Waals surface area contributed by atoms with Crippen LogP contribution in [0.5, 0.6) is 0 Å². The molecule has 0 fully saturated rings. The van der Waals surface area contributed by atoms with Crippen LogP contribution in [0.2, 0.25) is 0 Å². The Kier molecular flexibility index (Phi) is 11.6. The molecule has 0 saturated carbocycles. The van der Waals surface area contributed by atoms with Crippen LogP contribution >= 0.6 is 11.8 Å². The summed E-state index contributed by atoms with van der Waals surface area (Å²) in [6.07, 6.45) is 5.34. The number of carbonyl (C=O) groups is 3. The average Bonchev–Trinajstić information content (AvgIpc) is 2.67. The zero-order valence-electron chi connectivity index (χ0n) is 16.8. The van der Waals surface area contributed by atoms with Gasteiger partial charge in [-0.3, -0.25) is 9.59 Å². The highest BCUT2D eigenvalue weighted by molar-refractivity contribution is 8.03. The SMILES string of the molecule is C=C(C(=O)OCC)C1=C(SCNC(=O)C[C@H](NCCCC)C(=O)O)CCCC1. The number of hydrogen-bond acceptors (Lipinski definition) is 6. The number of amides is 1. The van der Waals surface area contributed by atoms with Crippen molar-refractivity contribution in [3.05, 3.63) is 22.6 Å². The highest BCUT2D eigenvalue weighted by Gasteiger charge is 2.22. The second-order valence-electron chi connectivity index (χ2n) is 6.60. The highest BCUT2D eigenvalue weighted by atomic mass is 32.2. The first-order chi connectivity index (χ1) is 13.4. The van der Waals surface area contributed by atoms with E-state index < -0.39 is 18.0 Å². The fraction of sp³-hybridized carbons (Fsp3) is 0.650. The Balaban J connectivity index is 2.56. The lowest BCUT2D eigenvalue weighted by Crippen LogP contribution is -2.41. The molecule has 0 saturated heterocycles. The quantitative estimate of drug-likeness (QED) is 0.185. The van der Waals surface area contributed by atoms with Gasteiger partial charge < -0.3 is 20.5 Å². The number of nitrogens with one attached hydrogen (secondary N) is 2. The summed E-state index contributed by atoms with van der Waals surface area (Å²) < 4.78 is 5.04. The third kappa shape index (κ3) is 8.48. The first-order valence-electron chi connectivity index (χ1n) is 9.84. The van der Waals surface area contributed by atoms with Crippen LogP contribution in [0.1, 0.15) is 58.8 Å². The van der Waals surface area contributed by atoms with Gasteiger partial charge in [0.15, 0.2) is 0 Å². The highest BCUT2D eigenvalue weighted by Crippen LogP contribution is 2.36. The molecule has 0 aliphatic heterocycles. The molecule has 1 aliphatic rings. The minimum absolute atomic E-state index is 0.110. The van der Waals surface area contributed by atoms with Crippen LogP contribution in [-0.2, 0) is 19.1 Å². The molecule has 3 N–H and O–H groups in total. The monoisotopic (exact) mass is 412 g/mol. The summed E-state index contributed by atoms with van der Waals surface area (Å²) in [5.74, 6) is -1.41. The molecular weight excluding hydrogens is 380 g/mol. The summed E-state index contributed by atoms with van der Waals surface area (Å²) in [7, 11) is 0. The van der Waals surface area contributed by atoms with E-state index in [9.17, 15) is 19.5 Å². The van der Waals surface area contributed by atoms with E-state index in [1.807, 2.05) is 6.92 Å². The van der Waals surface area contributed by atoms with Gasteiger partial charge in [0.05, 0.1) is 24.5 Å². The molecule has 0 bridgehead atoms. The minimum Gasteiger partial charge on any atom is -0.480 e. The normalized spacial score (nSPS) is 15.1. The van der Waals surface area contributed by atoms with Crippen molar-refractivity contribution >= 4 is 29.6 Å². The van der Waals surface area contributed by atoms with E-state index in [2.05, 4.69) is 17.2 Å². The average molecular weight is 413 g/mol. The van der Waals surface area contributed by atoms with E-state index in [0.29, 0.717) is 24.6 Å². The van der Waals surface area contributed by atoms with E-state index in [0.717, 1.165) is 49.0 Å². The fourth-order valence-electron chi connectivity index (χ4n) is 2.86. The summed E-state index contributed by atoms with van der Waals surface area (Å²) in [5, 5.41) is 14.9. The molecule has 28 heavy (non-hydrogen) atoms. The maximum absolute atomic E-state index is 12.1. The molecule has 158 valence electrons. The van der Waals surface area contributed by atoms with Gasteiger partial charge in [-0.05, 0) is 56.1 Å². The van der Waals surface area contributed by atoms with Crippen molar-refractivity contribution in [3.63, 3.8) is 0 Å². The van der Waals surface area contributed by atoms with Gasteiger partial charge in [0.2, 0.25) is 5.91 Å². The molecule has 0 aromatic heterocycles. The lowest BCUT2D eigenvalue weighted by Gasteiger charge is -2.21. The van der Waals surface area contributed by atoms with Crippen molar-refractivity contribution in [2.24, 2.45) is 0 Å². The fourth-order valence-corrected chi connectivity index (χ4v) is 3.95. The predicted molar refractivity (Wildman–Crippen MR) is 111 cm³/mol. The minimum atomic E-state index is -1.03. The Morgan fingerprint density at radius 1 is 1.25 bits per heavy atom. The number of unbranched alkanes of at least 4 members (excludes halogenated alkanes) is 1. The van der Waals surface area contributed by atoms with Gasteiger partial charge in [-0.25, -0.2) is 4.79 Å². The second kappa shape index (κ2) is 13.4. The number of thioether (sulfide) groups is 1. The molecule has 0 unspecified atom stereocenters. The lowest BCUT2D eigenvalue weighted by molar-refractivity contribution is -0.141. The molecule has 0 aromatic carbocycles. The topological polar surface area (TPSA) is 105 Å². The number of rotatable bonds is 13. The molecule has 1 aliphatic carbocycles. The Morgan fingerprint density at radius 2 is 1.96 bits per heavy atom. The summed E-state index contributed by atoms with van der Waals surface area (Å²) in [6, 6.07) is -0.885. The number of carbonyl (C=O) groups excluding carboxylic acids is 2. The van der Waals surface area contributed by atoms with E-state index in [1.165, 1.54) is 11.8 Å². The maximum Gasteiger partial charge on any atom is 0.337 e. The van der Waals surface area contributed by atoms with Gasteiger partial charge in [0.1, 0.15) is 6.04 Å². The summed E-state index contributed by atoms with van der Waals surface area (Å²) in [4.78, 5) is 36.4. The Hall–Kier alpha value is -1.80. The van der Waals surface area contributed by atoms with Gasteiger partial charge in [0.25, 0.3) is 0 Å². The first-order valence-corrected chi connectivity index (χ1v) is 10.8. The largest absolute Gasteiger partial charge is 0.480 e. The van der Waals surface area contributed by atoms with E-state index in [-0.39, 0.29) is 12.3 Å². The second-order valence-corrected chi connectivity index (χ2v) is 7.67. The van der Waals surface area contributed by atoms with Gasteiger partial charge >= 0.3 is 11.9 Å². The van der Waals surface area contributed by atoms with Gasteiger partial charge in [-0.2, -0.15) is 0 Å². The van der Waals surface area contributed by atoms with Crippen molar-refractivity contribution < 1.29 is 24.2 Å². The molecule has 7 nitrogen and oxygen atoms in total. The molecule has 1 rings (SSSR count). The van der Waals surface area contributed by atoms with E-state index in [4.69, 9.17) is 4.74 Å². The number of hydrogen-bond donors (Lipinski definition) is 3. The predicted octanol–water partition coefficient (Wildman–Crippen LogP) is 2.97. The summed E-state index contributed by atoms with van der Waals surface area (Å²) in [5.41, 5.74) is 1.30. The zero-order chi connectivity index (χ0) is 20.9. The molecule has 0 heterocycles. The molecule has 0 radical (unpaired) electrons. The zero-order valence-corrected chi connectivity index (χ0v) is 17.7. The number of carboxylic acids is 1. The van der Waals surface area contributed by atoms with Crippen LogP contribution in [-0.4, -0.2) is 48.0 Å². The van der Waals surface area contributed by atoms with E-state index >= 15 is 0 Å². The lowest BCUT2D eigenvalue weighted by atomic mass is 9.94. The van der Waals surface area contributed by atoms with Crippen LogP contribution in [0, 0.1) is 0 Å². The number of carboxylic acid groups (broad SMARTS) is 1. The summed E-state index contributed by atoms with van der Waals surface area (Å²) in [6.45, 7) is 8.53. The Labute approximate surface area is 171 Å². The van der Waals surface area contributed by atoms with Gasteiger partial charge in [0, 0.05) is 0 Å². The van der Waals surface area contributed by atoms with Crippen molar-refractivity contribution in [2.45, 2.75) is 64.8 Å². The van der Waals surface area contributed by atoms with Crippen LogP contribution in [0.25, 0.3) is 0 Å². The molecule has 8 heteroatoms. The number of aliphatic carboxylic acids is 1. The van der Waals surface area contributed by atoms with Gasteiger partial charge in [-0.15, -0.1) is 11.8 Å². The number of ether oxygens (including phenoxy) is 1. The molecule has 1 atom stereocenters. The Bertz CT molecular complexity index is 603. The van der Waals surface area contributed by atoms with Crippen LogP contribution in [0.4, 0.5) is 0 Å². The third-order valence-corrected chi connectivity index (χ3v) is 5.52. The van der Waals surface area contributed by atoms with Crippen LogP contribution in [0.3, 0.4) is 0 Å². The Morgan fingerprint density at radius 3 is 2.61 bits per heavy atom. The number of esters is 1.